The van der Waals surface area contributed by atoms with E-state index in [0.717, 1.165) is 11.4 Å². The molecule has 1 fully saturated rings. The smallest absolute Gasteiger partial charge is 0.254 e. The van der Waals surface area contributed by atoms with Gasteiger partial charge in [-0.3, -0.25) is 4.79 Å². The molecular formula is C22H20Cl2N4O2. The van der Waals surface area contributed by atoms with Gasteiger partial charge in [-0.2, -0.15) is 0 Å². The van der Waals surface area contributed by atoms with Crippen molar-refractivity contribution < 1.29 is 9.53 Å². The summed E-state index contributed by atoms with van der Waals surface area (Å²) in [6, 6.07) is 15.0. The van der Waals surface area contributed by atoms with Crippen LogP contribution in [0.1, 0.15) is 10.4 Å². The maximum absolute atomic E-state index is 12.9. The standard InChI is InChI=1S/C22H20Cl2N4O2/c1-30-20-17(23)13-16(14-18(20)24)22(29)28-11-9-27(10-12-28)19-7-8-25-21(26-19)15-5-3-2-4-6-15/h2-8,13-14H,9-12H2,1H3. The van der Waals surface area contributed by atoms with Gasteiger partial charge in [0, 0.05) is 43.5 Å². The Hall–Kier alpha value is -2.83. The van der Waals surface area contributed by atoms with Gasteiger partial charge in [0.25, 0.3) is 5.91 Å². The lowest BCUT2D eigenvalue weighted by Crippen LogP contribution is -2.49. The molecule has 3 aromatic rings. The highest BCUT2D eigenvalue weighted by Gasteiger charge is 2.24. The normalized spacial score (nSPS) is 14.0. The summed E-state index contributed by atoms with van der Waals surface area (Å²) in [5, 5.41) is 0.642. The summed E-state index contributed by atoms with van der Waals surface area (Å²) < 4.78 is 5.15. The molecule has 0 saturated carbocycles. The summed E-state index contributed by atoms with van der Waals surface area (Å²) in [6.45, 7) is 2.50. The minimum Gasteiger partial charge on any atom is -0.494 e. The predicted molar refractivity (Wildman–Crippen MR) is 119 cm³/mol. The minimum absolute atomic E-state index is 0.103. The Kier molecular flexibility index (Phi) is 6.06. The van der Waals surface area contributed by atoms with Crippen LogP contribution in [-0.2, 0) is 0 Å². The van der Waals surface area contributed by atoms with E-state index in [1.807, 2.05) is 36.4 Å². The van der Waals surface area contributed by atoms with E-state index in [1.54, 1.807) is 23.2 Å². The predicted octanol–water partition coefficient (Wildman–Crippen LogP) is 4.42. The quantitative estimate of drug-likeness (QED) is 0.598. The average Bonchev–Trinajstić information content (AvgIpc) is 2.79. The highest BCUT2D eigenvalue weighted by Crippen LogP contribution is 2.34. The fourth-order valence-electron chi connectivity index (χ4n) is 3.45. The van der Waals surface area contributed by atoms with Gasteiger partial charge in [-0.15, -0.1) is 0 Å². The van der Waals surface area contributed by atoms with Crippen molar-refractivity contribution in [3.05, 3.63) is 70.3 Å². The molecule has 8 heteroatoms. The van der Waals surface area contributed by atoms with Gasteiger partial charge in [-0.05, 0) is 18.2 Å². The maximum Gasteiger partial charge on any atom is 0.254 e. The largest absolute Gasteiger partial charge is 0.494 e. The zero-order chi connectivity index (χ0) is 21.1. The van der Waals surface area contributed by atoms with E-state index in [9.17, 15) is 4.79 Å². The molecule has 0 atom stereocenters. The van der Waals surface area contributed by atoms with Crippen molar-refractivity contribution in [1.29, 1.82) is 0 Å². The Morgan fingerprint density at radius 3 is 2.30 bits per heavy atom. The number of hydrogen-bond acceptors (Lipinski definition) is 5. The average molecular weight is 443 g/mol. The number of halogens is 2. The third-order valence-electron chi connectivity index (χ3n) is 5.01. The van der Waals surface area contributed by atoms with E-state index in [2.05, 4.69) is 9.88 Å². The molecule has 1 aliphatic rings. The van der Waals surface area contributed by atoms with Crippen molar-refractivity contribution in [2.45, 2.75) is 0 Å². The first-order valence-electron chi connectivity index (χ1n) is 9.52. The molecule has 0 N–H and O–H groups in total. The topological polar surface area (TPSA) is 58.6 Å². The molecule has 0 bridgehead atoms. The van der Waals surface area contributed by atoms with Crippen LogP contribution < -0.4 is 9.64 Å². The second-order valence-electron chi connectivity index (χ2n) is 6.86. The molecule has 154 valence electrons. The van der Waals surface area contributed by atoms with Crippen molar-refractivity contribution in [1.82, 2.24) is 14.9 Å². The number of anilines is 1. The zero-order valence-corrected chi connectivity index (χ0v) is 17.9. The van der Waals surface area contributed by atoms with Gasteiger partial charge in [0.05, 0.1) is 17.2 Å². The van der Waals surface area contributed by atoms with Gasteiger partial charge in [-0.25, -0.2) is 9.97 Å². The number of rotatable bonds is 4. The summed E-state index contributed by atoms with van der Waals surface area (Å²) in [4.78, 5) is 25.9. The van der Waals surface area contributed by atoms with E-state index >= 15 is 0 Å². The number of amides is 1. The molecule has 1 aliphatic heterocycles. The molecule has 2 aromatic carbocycles. The number of methoxy groups -OCH3 is 1. The van der Waals surface area contributed by atoms with Crippen LogP contribution in [0.2, 0.25) is 10.0 Å². The Labute approximate surface area is 185 Å². The molecule has 1 amide bonds. The zero-order valence-electron chi connectivity index (χ0n) is 16.4. The van der Waals surface area contributed by atoms with Crippen molar-refractivity contribution >= 4 is 34.9 Å². The molecule has 1 saturated heterocycles. The first-order chi connectivity index (χ1) is 14.6. The van der Waals surface area contributed by atoms with Crippen LogP contribution >= 0.6 is 23.2 Å². The third kappa shape index (κ3) is 4.20. The second kappa shape index (κ2) is 8.90. The van der Waals surface area contributed by atoms with Crippen LogP contribution in [-0.4, -0.2) is 54.1 Å². The number of hydrogen-bond donors (Lipinski definition) is 0. The van der Waals surface area contributed by atoms with Gasteiger partial charge in [0.1, 0.15) is 5.82 Å². The number of nitrogens with zero attached hydrogens (tertiary/aromatic N) is 4. The highest BCUT2D eigenvalue weighted by atomic mass is 35.5. The number of ether oxygens (including phenoxy) is 1. The molecular weight excluding hydrogens is 423 g/mol. The van der Waals surface area contributed by atoms with Gasteiger partial charge < -0.3 is 14.5 Å². The lowest BCUT2D eigenvalue weighted by molar-refractivity contribution is 0.0746. The summed E-state index contributed by atoms with van der Waals surface area (Å²) in [6.07, 6.45) is 1.77. The van der Waals surface area contributed by atoms with Crippen molar-refractivity contribution in [2.75, 3.05) is 38.2 Å². The van der Waals surface area contributed by atoms with Crippen LogP contribution in [0.25, 0.3) is 11.4 Å². The Morgan fingerprint density at radius 2 is 1.67 bits per heavy atom. The van der Waals surface area contributed by atoms with E-state index in [1.165, 1.54) is 7.11 Å². The van der Waals surface area contributed by atoms with Gasteiger partial charge in [0.15, 0.2) is 11.6 Å². The first kappa shape index (κ1) is 20.4. The molecule has 6 nitrogen and oxygen atoms in total. The fraction of sp³-hybridized carbons (Fsp3) is 0.227. The lowest BCUT2D eigenvalue weighted by Gasteiger charge is -2.35. The first-order valence-corrected chi connectivity index (χ1v) is 10.3. The molecule has 4 rings (SSSR count). The van der Waals surface area contributed by atoms with E-state index in [4.69, 9.17) is 32.9 Å². The molecule has 0 aliphatic carbocycles. The fourth-order valence-corrected chi connectivity index (χ4v) is 4.09. The van der Waals surface area contributed by atoms with Crippen LogP contribution in [0.4, 0.5) is 5.82 Å². The monoisotopic (exact) mass is 442 g/mol. The maximum atomic E-state index is 12.9. The molecule has 0 unspecified atom stereocenters. The highest BCUT2D eigenvalue weighted by molar-refractivity contribution is 6.37. The molecule has 1 aromatic heterocycles. The molecule has 0 spiro atoms. The Morgan fingerprint density at radius 1 is 1.00 bits per heavy atom. The Bertz CT molecular complexity index is 1030. The minimum atomic E-state index is -0.103. The van der Waals surface area contributed by atoms with E-state index in [-0.39, 0.29) is 5.91 Å². The van der Waals surface area contributed by atoms with Crippen molar-refractivity contribution in [3.8, 4) is 17.1 Å². The molecule has 0 radical (unpaired) electrons. The van der Waals surface area contributed by atoms with Crippen LogP contribution in [0, 0.1) is 0 Å². The van der Waals surface area contributed by atoms with Crippen LogP contribution in [0.15, 0.2) is 54.7 Å². The van der Waals surface area contributed by atoms with Crippen molar-refractivity contribution in [2.24, 2.45) is 0 Å². The van der Waals surface area contributed by atoms with Gasteiger partial charge in [-0.1, -0.05) is 53.5 Å². The molecule has 30 heavy (non-hydrogen) atoms. The number of piperazine rings is 1. The number of carbonyl (C=O) groups excluding carboxylic acids is 1. The number of aromatic nitrogens is 2. The Balaban J connectivity index is 1.45. The van der Waals surface area contributed by atoms with Crippen molar-refractivity contribution in [3.63, 3.8) is 0 Å². The lowest BCUT2D eigenvalue weighted by atomic mass is 10.1. The summed E-state index contributed by atoms with van der Waals surface area (Å²) in [7, 11) is 1.49. The summed E-state index contributed by atoms with van der Waals surface area (Å²) >= 11 is 12.4. The van der Waals surface area contributed by atoms with Gasteiger partial charge >= 0.3 is 0 Å². The SMILES string of the molecule is COc1c(Cl)cc(C(=O)N2CCN(c3ccnc(-c4ccccc4)n3)CC2)cc1Cl. The van der Waals surface area contributed by atoms with E-state index in [0.29, 0.717) is 53.4 Å². The van der Waals surface area contributed by atoms with E-state index < -0.39 is 0 Å². The second-order valence-corrected chi connectivity index (χ2v) is 7.67. The van der Waals surface area contributed by atoms with Gasteiger partial charge in [0.2, 0.25) is 0 Å². The summed E-state index contributed by atoms with van der Waals surface area (Å²) in [5.41, 5.74) is 1.43. The molecule has 2 heterocycles. The van der Waals surface area contributed by atoms with Crippen LogP contribution in [0.3, 0.4) is 0 Å². The summed E-state index contributed by atoms with van der Waals surface area (Å²) in [5.74, 6) is 1.81. The van der Waals surface area contributed by atoms with Crippen LogP contribution in [0.5, 0.6) is 5.75 Å². The number of benzene rings is 2. The number of carbonyl (C=O) groups is 1. The third-order valence-corrected chi connectivity index (χ3v) is 5.57.